The van der Waals surface area contributed by atoms with Gasteiger partial charge in [-0.05, 0) is 51.3 Å². The lowest BCUT2D eigenvalue weighted by atomic mass is 9.92. The van der Waals surface area contributed by atoms with Gasteiger partial charge in [-0.3, -0.25) is 19.6 Å². The maximum absolute atomic E-state index is 15.6. The van der Waals surface area contributed by atoms with Gasteiger partial charge in [0.05, 0.1) is 30.2 Å². The van der Waals surface area contributed by atoms with Gasteiger partial charge in [0.1, 0.15) is 11.9 Å². The molecule has 4 heterocycles. The van der Waals surface area contributed by atoms with Crippen LogP contribution in [0.4, 0.5) is 13.2 Å². The lowest BCUT2D eigenvalue weighted by Gasteiger charge is -2.33. The Labute approximate surface area is 246 Å². The second-order valence-electron chi connectivity index (χ2n) is 11.5. The van der Waals surface area contributed by atoms with Crippen molar-refractivity contribution in [2.45, 2.75) is 58.2 Å². The van der Waals surface area contributed by atoms with Crippen molar-refractivity contribution in [1.82, 2.24) is 20.1 Å². The molecule has 0 bridgehead atoms. The number of fused-ring (bicyclic) bond motifs is 1. The Morgan fingerprint density at radius 1 is 1.29 bits per heavy atom. The lowest BCUT2D eigenvalue weighted by Crippen LogP contribution is -2.49. The first-order valence-electron chi connectivity index (χ1n) is 13.8. The first kappa shape index (κ1) is 30.2. The molecule has 42 heavy (non-hydrogen) atoms. The number of likely N-dealkylation sites (tertiary alicyclic amines) is 2. The Morgan fingerprint density at radius 3 is 2.71 bits per heavy atom. The van der Waals surface area contributed by atoms with Crippen LogP contribution in [0.5, 0.6) is 0 Å². The van der Waals surface area contributed by atoms with E-state index in [0.29, 0.717) is 40.6 Å². The fraction of sp³-hybridized carbons (Fsp3) is 0.517. The summed E-state index contributed by atoms with van der Waals surface area (Å²) in [6.07, 6.45) is 2.02. The van der Waals surface area contributed by atoms with Crippen LogP contribution in [0.3, 0.4) is 0 Å². The van der Waals surface area contributed by atoms with Gasteiger partial charge in [0.15, 0.2) is 10.8 Å². The van der Waals surface area contributed by atoms with Crippen molar-refractivity contribution in [3.63, 3.8) is 0 Å². The molecule has 2 saturated heterocycles. The smallest absolute Gasteiger partial charge is 0.338 e. The van der Waals surface area contributed by atoms with Gasteiger partial charge >= 0.3 is 11.9 Å². The number of thiazole rings is 1. The summed E-state index contributed by atoms with van der Waals surface area (Å²) in [6.45, 7) is 6.11. The summed E-state index contributed by atoms with van der Waals surface area (Å²) in [6, 6.07) is 1.86. The van der Waals surface area contributed by atoms with E-state index in [0.717, 1.165) is 0 Å². The number of carbonyl (C=O) groups is 2. The molecular weight excluding hydrogens is 571 g/mol. The lowest BCUT2D eigenvalue weighted by molar-refractivity contribution is -0.149. The number of carboxylic acids is 1. The van der Waals surface area contributed by atoms with Crippen molar-refractivity contribution < 1.29 is 32.6 Å². The number of rotatable bonds is 9. The Hall–Kier alpha value is -3.29. The molecule has 3 atom stereocenters. The fourth-order valence-electron chi connectivity index (χ4n) is 6.14. The van der Waals surface area contributed by atoms with Crippen LogP contribution in [0, 0.1) is 18.2 Å². The molecule has 3 aliphatic heterocycles. The number of aliphatic imine (C=N–C) groups is 1. The van der Waals surface area contributed by atoms with Crippen molar-refractivity contribution in [3.05, 3.63) is 63.0 Å². The number of hydrogen-bond donors (Lipinski definition) is 2. The number of esters is 1. The number of carboxylic acid groups (broad SMARTS) is 1. The van der Waals surface area contributed by atoms with Gasteiger partial charge in [0, 0.05) is 43.0 Å². The van der Waals surface area contributed by atoms with E-state index >= 15 is 8.78 Å². The predicted octanol–water partition coefficient (Wildman–Crippen LogP) is 4.00. The van der Waals surface area contributed by atoms with E-state index in [1.54, 1.807) is 41.3 Å². The van der Waals surface area contributed by atoms with Gasteiger partial charge in [-0.1, -0.05) is 12.1 Å². The first-order valence-corrected chi connectivity index (χ1v) is 14.7. The first-order chi connectivity index (χ1) is 19.8. The summed E-state index contributed by atoms with van der Waals surface area (Å²) in [5, 5.41) is 15.1. The quantitative estimate of drug-likeness (QED) is 0.413. The highest BCUT2D eigenvalue weighted by Crippen LogP contribution is 2.44. The molecule has 1 aromatic carbocycles. The van der Waals surface area contributed by atoms with Crippen LogP contribution in [-0.4, -0.2) is 88.5 Å². The largest absolute Gasteiger partial charge is 0.481 e. The van der Waals surface area contributed by atoms with Crippen LogP contribution in [0.2, 0.25) is 0 Å². The second-order valence-corrected chi connectivity index (χ2v) is 12.4. The molecule has 2 unspecified atom stereocenters. The molecule has 3 aliphatic rings. The molecule has 9 nitrogen and oxygen atoms in total. The van der Waals surface area contributed by atoms with Gasteiger partial charge < -0.3 is 15.2 Å². The van der Waals surface area contributed by atoms with Crippen molar-refractivity contribution in [3.8, 4) is 0 Å². The Balaban J connectivity index is 1.55. The molecular formula is C29H34F3N5O4S. The highest BCUT2D eigenvalue weighted by molar-refractivity contribution is 7.11. The van der Waals surface area contributed by atoms with Crippen LogP contribution in [0.15, 0.2) is 46.0 Å². The predicted molar refractivity (Wildman–Crippen MR) is 151 cm³/mol. The number of aliphatic carboxylic acids is 1. The third-order valence-electron chi connectivity index (χ3n) is 8.18. The van der Waals surface area contributed by atoms with Crippen LogP contribution < -0.4 is 5.32 Å². The molecule has 0 saturated carbocycles. The van der Waals surface area contributed by atoms with E-state index in [9.17, 15) is 19.1 Å². The van der Waals surface area contributed by atoms with Crippen molar-refractivity contribution in [2.24, 2.45) is 10.4 Å². The summed E-state index contributed by atoms with van der Waals surface area (Å²) in [5.41, 5.74) is 0.0344. The van der Waals surface area contributed by atoms with E-state index in [1.807, 2.05) is 0 Å². The van der Waals surface area contributed by atoms with E-state index in [-0.39, 0.29) is 25.3 Å². The van der Waals surface area contributed by atoms with Crippen molar-refractivity contribution in [2.75, 3.05) is 32.8 Å². The van der Waals surface area contributed by atoms with Gasteiger partial charge in [-0.2, -0.15) is 0 Å². The zero-order valence-corrected chi connectivity index (χ0v) is 24.7. The second kappa shape index (κ2) is 11.4. The number of hydrogen-bond acceptors (Lipinski definition) is 9. The van der Waals surface area contributed by atoms with Gasteiger partial charge in [-0.25, -0.2) is 22.9 Å². The summed E-state index contributed by atoms with van der Waals surface area (Å²) in [7, 11) is 0. The van der Waals surface area contributed by atoms with Crippen LogP contribution in [0.1, 0.15) is 49.4 Å². The molecule has 2 fully saturated rings. The molecule has 0 amide bonds. The standard InChI is InChI=1S/C29H34F3N5O4S/c1-5-41-26(38)21-19(13-37-15-29(31,32)23-20(37)9-11-36(23)14-28(3,4)27(39)40)34-24(25-33-10-12-42-25)35-22(21)17-7-6-8-18(30)16(17)2/h6-8,10,12,20,22-23H,5,9,11,13-15H2,1-4H3,(H,34,35)(H,39,40)/t20?,22-,23?/m0/s1. The number of nitrogens with zero attached hydrogens (tertiary/aromatic N) is 4. The number of alkyl halides is 2. The Morgan fingerprint density at radius 2 is 2.05 bits per heavy atom. The summed E-state index contributed by atoms with van der Waals surface area (Å²) >= 11 is 1.32. The van der Waals surface area contributed by atoms with Crippen LogP contribution >= 0.6 is 11.3 Å². The van der Waals surface area contributed by atoms with Crippen molar-refractivity contribution in [1.29, 1.82) is 0 Å². The zero-order chi connectivity index (χ0) is 30.4. The van der Waals surface area contributed by atoms with Crippen LogP contribution in [-0.2, 0) is 14.3 Å². The molecule has 0 spiro atoms. The third-order valence-corrected chi connectivity index (χ3v) is 8.96. The monoisotopic (exact) mass is 605 g/mol. The van der Waals surface area contributed by atoms with E-state index in [2.05, 4.69) is 10.3 Å². The Kier molecular flexibility index (Phi) is 8.20. The zero-order valence-electron chi connectivity index (χ0n) is 23.9. The number of amidine groups is 1. The molecule has 0 aliphatic carbocycles. The molecule has 0 radical (unpaired) electrons. The average Bonchev–Trinajstić information content (AvgIpc) is 3.65. The topological polar surface area (TPSA) is 107 Å². The molecule has 226 valence electrons. The number of ether oxygens (including phenoxy) is 1. The summed E-state index contributed by atoms with van der Waals surface area (Å²) < 4.78 is 51.3. The molecule has 13 heteroatoms. The molecule has 2 aromatic rings. The highest BCUT2D eigenvalue weighted by Gasteiger charge is 2.60. The van der Waals surface area contributed by atoms with Gasteiger partial charge in [0.2, 0.25) is 0 Å². The molecule has 1 aromatic heterocycles. The van der Waals surface area contributed by atoms with Gasteiger partial charge in [0.25, 0.3) is 5.92 Å². The maximum Gasteiger partial charge on any atom is 0.338 e. The fourth-order valence-corrected chi connectivity index (χ4v) is 6.73. The van der Waals surface area contributed by atoms with Gasteiger partial charge in [-0.15, -0.1) is 11.3 Å². The molecule has 5 rings (SSSR count). The summed E-state index contributed by atoms with van der Waals surface area (Å²) in [4.78, 5) is 37.5. The molecule has 2 N–H and O–H groups in total. The average molecular weight is 606 g/mol. The minimum atomic E-state index is -3.11. The third kappa shape index (κ3) is 5.57. The van der Waals surface area contributed by atoms with Crippen molar-refractivity contribution >= 4 is 29.1 Å². The number of carbonyl (C=O) groups excluding carboxylic acids is 1. The van der Waals surface area contributed by atoms with E-state index < -0.39 is 53.8 Å². The number of aromatic nitrogens is 1. The normalized spacial score (nSPS) is 24.4. The minimum Gasteiger partial charge on any atom is -0.481 e. The minimum absolute atomic E-state index is 0.0102. The summed E-state index contributed by atoms with van der Waals surface area (Å²) in [5.74, 6) is -4.94. The maximum atomic E-state index is 15.6. The van der Waals surface area contributed by atoms with E-state index in [4.69, 9.17) is 9.73 Å². The van der Waals surface area contributed by atoms with Crippen LogP contribution in [0.25, 0.3) is 0 Å². The van der Waals surface area contributed by atoms with E-state index in [1.165, 1.54) is 37.3 Å². The highest BCUT2D eigenvalue weighted by atomic mass is 32.1. The number of benzene rings is 1. The number of nitrogens with one attached hydrogen (secondary N) is 1. The Bertz CT molecular complexity index is 1430. The SMILES string of the molecule is CCOC(=O)C1=C(CN2CC(F)(F)C3C2CCN3CC(C)(C)C(=O)O)NC(c2nccs2)=N[C@H]1c1cccc(F)c1C. The number of halogens is 3.